The molecule has 5 nitrogen and oxygen atoms in total. The first-order chi connectivity index (χ1) is 11.6. The smallest absolute Gasteiger partial charge is 0.336 e. The fourth-order valence-electron chi connectivity index (χ4n) is 2.73. The molecule has 3 aromatic rings. The van der Waals surface area contributed by atoms with Crippen LogP contribution < -0.4 is 0 Å². The first-order valence-electron chi connectivity index (χ1n) is 7.86. The minimum absolute atomic E-state index is 0.183. The SMILES string of the molecule is CC(C)n1nc(-c2ccccc2)cc1Cc1cnccc1C(=O)O. The van der Waals surface area contributed by atoms with Crippen molar-refractivity contribution in [2.24, 2.45) is 0 Å². The van der Waals surface area contributed by atoms with E-state index >= 15 is 0 Å². The Morgan fingerprint density at radius 1 is 1.21 bits per heavy atom. The van der Waals surface area contributed by atoms with Gasteiger partial charge < -0.3 is 5.11 Å². The Balaban J connectivity index is 2.02. The van der Waals surface area contributed by atoms with Crippen molar-refractivity contribution in [2.75, 3.05) is 0 Å². The molecule has 0 aliphatic carbocycles. The minimum atomic E-state index is -0.939. The molecule has 0 fully saturated rings. The second-order valence-electron chi connectivity index (χ2n) is 5.94. The Hall–Kier alpha value is -2.95. The summed E-state index contributed by atoms with van der Waals surface area (Å²) in [6.45, 7) is 4.12. The Bertz CT molecular complexity index is 854. The van der Waals surface area contributed by atoms with Gasteiger partial charge in [-0.05, 0) is 31.5 Å². The summed E-state index contributed by atoms with van der Waals surface area (Å²) in [4.78, 5) is 15.5. The molecule has 0 bridgehead atoms. The van der Waals surface area contributed by atoms with Gasteiger partial charge in [0.2, 0.25) is 0 Å². The quantitative estimate of drug-likeness (QED) is 0.776. The highest BCUT2D eigenvalue weighted by molar-refractivity contribution is 5.89. The average molecular weight is 321 g/mol. The second-order valence-corrected chi connectivity index (χ2v) is 5.94. The molecule has 2 aromatic heterocycles. The van der Waals surface area contributed by atoms with Crippen molar-refractivity contribution < 1.29 is 9.90 Å². The van der Waals surface area contributed by atoms with Gasteiger partial charge in [-0.25, -0.2) is 4.79 Å². The van der Waals surface area contributed by atoms with E-state index in [1.54, 1.807) is 6.20 Å². The highest BCUT2D eigenvalue weighted by atomic mass is 16.4. The number of nitrogens with zero attached hydrogens (tertiary/aromatic N) is 3. The van der Waals surface area contributed by atoms with Crippen molar-refractivity contribution in [1.82, 2.24) is 14.8 Å². The van der Waals surface area contributed by atoms with E-state index < -0.39 is 5.97 Å². The number of hydrogen-bond donors (Lipinski definition) is 1. The van der Waals surface area contributed by atoms with Crippen LogP contribution in [0.2, 0.25) is 0 Å². The Kier molecular flexibility index (Phi) is 4.42. The molecule has 0 saturated carbocycles. The van der Waals surface area contributed by atoms with E-state index in [4.69, 9.17) is 5.10 Å². The summed E-state index contributed by atoms with van der Waals surface area (Å²) in [6, 6.07) is 13.7. The third-order valence-electron chi connectivity index (χ3n) is 3.88. The molecule has 2 heterocycles. The van der Waals surface area contributed by atoms with E-state index in [2.05, 4.69) is 18.8 Å². The molecular weight excluding hydrogens is 302 g/mol. The van der Waals surface area contributed by atoms with Crippen LogP contribution in [0.5, 0.6) is 0 Å². The number of carboxylic acid groups (broad SMARTS) is 1. The highest BCUT2D eigenvalue weighted by Crippen LogP contribution is 2.23. The number of aromatic nitrogens is 3. The summed E-state index contributed by atoms with van der Waals surface area (Å²) < 4.78 is 1.95. The lowest BCUT2D eigenvalue weighted by molar-refractivity contribution is 0.0695. The van der Waals surface area contributed by atoms with Crippen LogP contribution >= 0.6 is 0 Å². The summed E-state index contributed by atoms with van der Waals surface area (Å²) in [7, 11) is 0. The third kappa shape index (κ3) is 3.20. The van der Waals surface area contributed by atoms with Crippen LogP contribution in [0, 0.1) is 0 Å². The van der Waals surface area contributed by atoms with Crippen LogP contribution in [0.1, 0.15) is 41.5 Å². The largest absolute Gasteiger partial charge is 0.478 e. The number of pyridine rings is 1. The van der Waals surface area contributed by atoms with Crippen molar-refractivity contribution >= 4 is 5.97 Å². The van der Waals surface area contributed by atoms with Crippen LogP contribution in [0.3, 0.4) is 0 Å². The van der Waals surface area contributed by atoms with Crippen LogP contribution in [-0.2, 0) is 6.42 Å². The van der Waals surface area contributed by atoms with Gasteiger partial charge in [0.25, 0.3) is 0 Å². The van der Waals surface area contributed by atoms with Crippen molar-refractivity contribution in [2.45, 2.75) is 26.3 Å². The first-order valence-corrected chi connectivity index (χ1v) is 7.86. The first kappa shape index (κ1) is 15.9. The van der Waals surface area contributed by atoms with Gasteiger partial charge in [-0.3, -0.25) is 9.67 Å². The molecule has 24 heavy (non-hydrogen) atoms. The number of carboxylic acids is 1. The highest BCUT2D eigenvalue weighted by Gasteiger charge is 2.16. The predicted molar refractivity (Wildman–Crippen MR) is 92.1 cm³/mol. The number of hydrogen-bond acceptors (Lipinski definition) is 3. The number of carbonyl (C=O) groups is 1. The van der Waals surface area contributed by atoms with E-state index in [0.29, 0.717) is 12.0 Å². The van der Waals surface area contributed by atoms with Gasteiger partial charge in [-0.15, -0.1) is 0 Å². The second kappa shape index (κ2) is 6.66. The van der Waals surface area contributed by atoms with Crippen LogP contribution in [0.25, 0.3) is 11.3 Å². The van der Waals surface area contributed by atoms with Crippen molar-refractivity contribution in [3.05, 3.63) is 71.7 Å². The van der Waals surface area contributed by atoms with E-state index in [-0.39, 0.29) is 11.6 Å². The summed E-state index contributed by atoms with van der Waals surface area (Å²) in [6.07, 6.45) is 3.60. The lowest BCUT2D eigenvalue weighted by atomic mass is 10.0. The predicted octanol–water partition coefficient (Wildman–Crippen LogP) is 3.82. The molecule has 0 unspecified atom stereocenters. The zero-order valence-corrected chi connectivity index (χ0v) is 13.7. The summed E-state index contributed by atoms with van der Waals surface area (Å²) >= 11 is 0. The molecule has 3 rings (SSSR count). The summed E-state index contributed by atoms with van der Waals surface area (Å²) in [5, 5.41) is 14.1. The lowest BCUT2D eigenvalue weighted by Gasteiger charge is -2.11. The van der Waals surface area contributed by atoms with E-state index in [1.807, 2.05) is 41.1 Å². The standard InChI is InChI=1S/C19H19N3O2/c1-13(2)22-16(10-15-12-20-9-8-17(15)19(23)24)11-18(21-22)14-6-4-3-5-7-14/h3-9,11-13H,10H2,1-2H3,(H,23,24). The number of benzene rings is 1. The van der Waals surface area contributed by atoms with Crippen molar-refractivity contribution in [1.29, 1.82) is 0 Å². The van der Waals surface area contributed by atoms with E-state index in [0.717, 1.165) is 17.0 Å². The van der Waals surface area contributed by atoms with E-state index in [1.165, 1.54) is 12.3 Å². The molecule has 0 atom stereocenters. The third-order valence-corrected chi connectivity index (χ3v) is 3.88. The molecule has 0 aliphatic rings. The topological polar surface area (TPSA) is 68.0 Å². The minimum Gasteiger partial charge on any atom is -0.478 e. The molecule has 122 valence electrons. The number of rotatable bonds is 5. The maximum atomic E-state index is 11.4. The van der Waals surface area contributed by atoms with Crippen LogP contribution in [0.4, 0.5) is 0 Å². The van der Waals surface area contributed by atoms with Gasteiger partial charge in [0.1, 0.15) is 0 Å². The zero-order valence-electron chi connectivity index (χ0n) is 13.7. The molecule has 0 spiro atoms. The molecule has 0 radical (unpaired) electrons. The average Bonchev–Trinajstić information content (AvgIpc) is 3.00. The Labute approximate surface area is 140 Å². The lowest BCUT2D eigenvalue weighted by Crippen LogP contribution is -2.10. The van der Waals surface area contributed by atoms with Gasteiger partial charge in [-0.1, -0.05) is 30.3 Å². The van der Waals surface area contributed by atoms with Crippen LogP contribution in [0.15, 0.2) is 54.9 Å². The Morgan fingerprint density at radius 3 is 2.62 bits per heavy atom. The maximum Gasteiger partial charge on any atom is 0.336 e. The molecule has 0 aliphatic heterocycles. The molecule has 5 heteroatoms. The van der Waals surface area contributed by atoms with Crippen molar-refractivity contribution in [3.63, 3.8) is 0 Å². The maximum absolute atomic E-state index is 11.4. The summed E-state index contributed by atoms with van der Waals surface area (Å²) in [5.41, 5.74) is 3.87. The summed E-state index contributed by atoms with van der Waals surface area (Å²) in [5.74, 6) is -0.939. The normalized spacial score (nSPS) is 11.0. The van der Waals surface area contributed by atoms with Crippen LogP contribution in [-0.4, -0.2) is 25.8 Å². The number of aromatic carboxylic acids is 1. The van der Waals surface area contributed by atoms with Gasteiger partial charge in [-0.2, -0.15) is 5.10 Å². The molecule has 1 aromatic carbocycles. The van der Waals surface area contributed by atoms with Gasteiger partial charge >= 0.3 is 5.97 Å². The fourth-order valence-corrected chi connectivity index (χ4v) is 2.73. The van der Waals surface area contributed by atoms with Gasteiger partial charge in [0.15, 0.2) is 0 Å². The monoisotopic (exact) mass is 321 g/mol. The van der Waals surface area contributed by atoms with Gasteiger partial charge in [0, 0.05) is 36.1 Å². The van der Waals surface area contributed by atoms with Crippen molar-refractivity contribution in [3.8, 4) is 11.3 Å². The Morgan fingerprint density at radius 2 is 1.96 bits per heavy atom. The molecular formula is C19H19N3O2. The molecule has 0 saturated heterocycles. The van der Waals surface area contributed by atoms with E-state index in [9.17, 15) is 9.90 Å². The zero-order chi connectivity index (χ0) is 17.1. The van der Waals surface area contributed by atoms with Gasteiger partial charge in [0.05, 0.1) is 11.3 Å². The molecule has 0 amide bonds. The molecule has 1 N–H and O–H groups in total. The fraction of sp³-hybridized carbons (Fsp3) is 0.211.